The quantitative estimate of drug-likeness (QED) is 0.335. The lowest BCUT2D eigenvalue weighted by Crippen LogP contribution is -2.37. The van der Waals surface area contributed by atoms with Gasteiger partial charge in [-0.15, -0.1) is 24.8 Å². The molecule has 0 aliphatic carbocycles. The van der Waals surface area contributed by atoms with Crippen LogP contribution in [-0.2, 0) is 24.3 Å². The number of carboxylic acid groups (broad SMARTS) is 1. The van der Waals surface area contributed by atoms with Crippen molar-refractivity contribution in [2.24, 2.45) is 0 Å². The minimum atomic E-state index is -1.09. The molecule has 1 aliphatic heterocycles. The summed E-state index contributed by atoms with van der Waals surface area (Å²) in [6.45, 7) is 0.850. The number of carboxylic acids is 1. The molecular formula is C28H27Cl2F2N5O3. The molecule has 3 N–H and O–H groups in total. The van der Waals surface area contributed by atoms with Gasteiger partial charge in [0.15, 0.2) is 11.6 Å². The van der Waals surface area contributed by atoms with Gasteiger partial charge in [-0.05, 0) is 72.6 Å². The molecule has 1 aliphatic rings. The molecule has 210 valence electrons. The first-order chi connectivity index (χ1) is 18.1. The van der Waals surface area contributed by atoms with Crippen molar-refractivity contribution < 1.29 is 23.5 Å². The molecule has 1 aromatic heterocycles. The van der Waals surface area contributed by atoms with E-state index in [1.165, 1.54) is 4.90 Å². The highest BCUT2D eigenvalue weighted by molar-refractivity contribution is 6.06. The Labute approximate surface area is 241 Å². The average Bonchev–Trinajstić information content (AvgIpc) is 3.32. The lowest BCUT2D eigenvalue weighted by atomic mass is 9.93. The van der Waals surface area contributed by atoms with Gasteiger partial charge >= 0.3 is 5.97 Å². The number of hydrogen-bond acceptors (Lipinski definition) is 6. The molecule has 1 unspecified atom stereocenters. The molecule has 0 spiro atoms. The van der Waals surface area contributed by atoms with Crippen LogP contribution in [0.25, 0.3) is 22.0 Å². The van der Waals surface area contributed by atoms with Gasteiger partial charge in [0.2, 0.25) is 5.95 Å². The fraction of sp³-hybridized carbons (Fsp3) is 0.214. The van der Waals surface area contributed by atoms with Crippen LogP contribution in [0.1, 0.15) is 27.2 Å². The zero-order valence-electron chi connectivity index (χ0n) is 21.6. The molecule has 3 aromatic carbocycles. The maximum Gasteiger partial charge on any atom is 0.321 e. The normalized spacial score (nSPS) is 13.0. The van der Waals surface area contributed by atoms with Gasteiger partial charge in [-0.1, -0.05) is 30.3 Å². The van der Waals surface area contributed by atoms with Crippen LogP contribution in [0.15, 0.2) is 54.6 Å². The molecule has 0 fully saturated rings. The van der Waals surface area contributed by atoms with Crippen LogP contribution in [0.4, 0.5) is 14.7 Å². The number of hydrogen-bond donors (Lipinski definition) is 2. The first kappa shape index (κ1) is 30.7. The number of nitrogens with two attached hydrogens (primary N) is 1. The summed E-state index contributed by atoms with van der Waals surface area (Å²) >= 11 is 0. The van der Waals surface area contributed by atoms with Gasteiger partial charge in [0.05, 0.1) is 5.52 Å². The molecule has 0 saturated carbocycles. The van der Waals surface area contributed by atoms with Gasteiger partial charge in [0.1, 0.15) is 11.7 Å². The van der Waals surface area contributed by atoms with Gasteiger partial charge in [0, 0.05) is 18.5 Å². The van der Waals surface area contributed by atoms with E-state index < -0.39 is 23.6 Å². The molecule has 40 heavy (non-hydrogen) atoms. The summed E-state index contributed by atoms with van der Waals surface area (Å²) in [4.78, 5) is 37.0. The third kappa shape index (κ3) is 5.84. The van der Waals surface area contributed by atoms with Crippen molar-refractivity contribution in [2.45, 2.75) is 25.6 Å². The molecule has 5 rings (SSSR count). The minimum Gasteiger partial charge on any atom is -0.480 e. The fourth-order valence-electron chi connectivity index (χ4n) is 4.83. The second-order valence-electron chi connectivity index (χ2n) is 9.54. The summed E-state index contributed by atoms with van der Waals surface area (Å²) < 4.78 is 28.7. The average molecular weight is 590 g/mol. The number of aliphatic carboxylic acids is 1. The SMILES string of the molecule is CN(C)C(Cc1cc(F)c(F)cc1-c1ccc2nc(N)nc(C(=O)N3Cc4ccccc4C3)c2c1)C(=O)O.Cl.Cl. The van der Waals surface area contributed by atoms with E-state index >= 15 is 0 Å². The van der Waals surface area contributed by atoms with Crippen LogP contribution >= 0.6 is 24.8 Å². The Bertz CT molecular complexity index is 1580. The Morgan fingerprint density at radius 3 is 2.23 bits per heavy atom. The van der Waals surface area contributed by atoms with Crippen molar-refractivity contribution in [3.63, 3.8) is 0 Å². The van der Waals surface area contributed by atoms with E-state index in [4.69, 9.17) is 5.73 Å². The molecule has 0 radical (unpaired) electrons. The van der Waals surface area contributed by atoms with Gasteiger partial charge in [-0.25, -0.2) is 18.7 Å². The van der Waals surface area contributed by atoms with Gasteiger partial charge in [0.25, 0.3) is 5.91 Å². The number of nitrogens with zero attached hydrogens (tertiary/aromatic N) is 4. The summed E-state index contributed by atoms with van der Waals surface area (Å²) in [5.41, 5.74) is 9.62. The van der Waals surface area contributed by atoms with E-state index in [1.54, 1.807) is 37.2 Å². The molecule has 4 aromatic rings. The van der Waals surface area contributed by atoms with Crippen molar-refractivity contribution in [3.8, 4) is 11.1 Å². The van der Waals surface area contributed by atoms with E-state index in [1.807, 2.05) is 24.3 Å². The minimum absolute atomic E-state index is 0. The molecule has 1 amide bonds. The lowest BCUT2D eigenvalue weighted by Gasteiger charge is -2.22. The number of nitrogen functional groups attached to an aromatic ring is 1. The third-order valence-corrected chi connectivity index (χ3v) is 6.82. The summed E-state index contributed by atoms with van der Waals surface area (Å²) in [6, 6.07) is 13.8. The number of anilines is 1. The number of halogens is 4. The third-order valence-electron chi connectivity index (χ3n) is 6.82. The predicted molar refractivity (Wildman–Crippen MR) is 153 cm³/mol. The molecule has 8 nitrogen and oxygen atoms in total. The number of carbonyl (C=O) groups excluding carboxylic acids is 1. The number of aromatic nitrogens is 2. The van der Waals surface area contributed by atoms with Crippen LogP contribution in [0.3, 0.4) is 0 Å². The molecule has 2 heterocycles. The summed E-state index contributed by atoms with van der Waals surface area (Å²) in [5, 5.41) is 10.0. The van der Waals surface area contributed by atoms with E-state index in [2.05, 4.69) is 9.97 Å². The van der Waals surface area contributed by atoms with Crippen LogP contribution in [0, 0.1) is 11.6 Å². The Morgan fingerprint density at radius 1 is 1.00 bits per heavy atom. The van der Waals surface area contributed by atoms with Crippen molar-refractivity contribution in [2.75, 3.05) is 19.8 Å². The second-order valence-corrected chi connectivity index (χ2v) is 9.54. The smallest absolute Gasteiger partial charge is 0.321 e. The summed E-state index contributed by atoms with van der Waals surface area (Å²) in [6.07, 6.45) is -0.0665. The monoisotopic (exact) mass is 589 g/mol. The highest BCUT2D eigenvalue weighted by atomic mass is 35.5. The van der Waals surface area contributed by atoms with Crippen LogP contribution in [0.2, 0.25) is 0 Å². The molecule has 0 saturated heterocycles. The van der Waals surface area contributed by atoms with Crippen molar-refractivity contribution in [3.05, 3.63) is 88.6 Å². The van der Waals surface area contributed by atoms with E-state index in [-0.39, 0.29) is 48.8 Å². The molecular weight excluding hydrogens is 563 g/mol. The Morgan fingerprint density at radius 2 is 1.62 bits per heavy atom. The highest BCUT2D eigenvalue weighted by Gasteiger charge is 2.28. The Hall–Kier alpha value is -3.86. The summed E-state index contributed by atoms with van der Waals surface area (Å²) in [7, 11) is 3.20. The molecule has 0 bridgehead atoms. The van der Waals surface area contributed by atoms with Crippen molar-refractivity contribution in [1.82, 2.24) is 19.8 Å². The van der Waals surface area contributed by atoms with Crippen LogP contribution in [-0.4, -0.2) is 56.9 Å². The van der Waals surface area contributed by atoms with E-state index in [0.29, 0.717) is 40.7 Å². The fourth-order valence-corrected chi connectivity index (χ4v) is 4.83. The van der Waals surface area contributed by atoms with Gasteiger partial charge in [-0.3, -0.25) is 14.5 Å². The molecule has 12 heteroatoms. The number of amides is 1. The maximum atomic E-state index is 14.4. The Balaban J connectivity index is 0.00000220. The zero-order valence-corrected chi connectivity index (χ0v) is 23.2. The van der Waals surface area contributed by atoms with E-state index in [9.17, 15) is 23.5 Å². The maximum absolute atomic E-state index is 14.4. The largest absolute Gasteiger partial charge is 0.480 e. The number of fused-ring (bicyclic) bond motifs is 2. The number of rotatable bonds is 6. The van der Waals surface area contributed by atoms with Gasteiger partial charge in [-0.2, -0.15) is 0 Å². The standard InChI is InChI=1S/C28H25F2N5O3.2ClH/c1-34(2)24(27(37)38)11-18-10-21(29)22(30)12-19(18)15-7-8-23-20(9-15)25(33-28(31)32-23)26(36)35-13-16-5-3-4-6-17(16)14-35;;/h3-10,12,24H,11,13-14H2,1-2H3,(H,37,38)(H2,31,32,33);2*1H. The number of likely N-dealkylation sites (N-methyl/N-ethyl adjacent to an activating group) is 1. The number of carbonyl (C=O) groups is 2. The van der Waals surface area contributed by atoms with Crippen molar-refractivity contribution in [1.29, 1.82) is 0 Å². The van der Waals surface area contributed by atoms with Crippen LogP contribution in [0.5, 0.6) is 0 Å². The van der Waals surface area contributed by atoms with E-state index in [0.717, 1.165) is 23.3 Å². The lowest BCUT2D eigenvalue weighted by molar-refractivity contribution is -0.142. The van der Waals surface area contributed by atoms with Crippen LogP contribution < -0.4 is 5.73 Å². The first-order valence-electron chi connectivity index (χ1n) is 11.9. The first-order valence-corrected chi connectivity index (χ1v) is 11.9. The second kappa shape index (κ2) is 12.1. The van der Waals surface area contributed by atoms with Gasteiger partial charge < -0.3 is 15.7 Å². The number of benzene rings is 3. The molecule has 1 atom stereocenters. The zero-order chi connectivity index (χ0) is 27.1. The Kier molecular flexibility index (Phi) is 9.29. The highest BCUT2D eigenvalue weighted by Crippen LogP contribution is 2.32. The predicted octanol–water partition coefficient (Wildman–Crippen LogP) is 4.71. The van der Waals surface area contributed by atoms with Crippen molar-refractivity contribution >= 4 is 53.5 Å². The summed E-state index contributed by atoms with van der Waals surface area (Å²) in [5.74, 6) is -3.63. The topological polar surface area (TPSA) is 113 Å².